The molecule has 0 saturated heterocycles. The van der Waals surface area contributed by atoms with Gasteiger partial charge in [0.1, 0.15) is 0 Å². The lowest BCUT2D eigenvalue weighted by Gasteiger charge is -2.30. The quantitative estimate of drug-likeness (QED) is 0.676. The van der Waals surface area contributed by atoms with Gasteiger partial charge in [-0.1, -0.05) is 24.3 Å². The van der Waals surface area contributed by atoms with Crippen molar-refractivity contribution in [2.24, 2.45) is 0 Å². The van der Waals surface area contributed by atoms with Crippen molar-refractivity contribution in [1.82, 2.24) is 0 Å². The molecule has 20 heavy (non-hydrogen) atoms. The molecule has 4 bridgehead atoms. The van der Waals surface area contributed by atoms with Gasteiger partial charge in [0.2, 0.25) is 0 Å². The number of fused-ring (bicyclic) bond motifs is 4. The van der Waals surface area contributed by atoms with Crippen molar-refractivity contribution < 1.29 is 0 Å². The first-order chi connectivity index (χ1) is 9.90. The van der Waals surface area contributed by atoms with Crippen LogP contribution in [0.4, 0.5) is 0 Å². The summed E-state index contributed by atoms with van der Waals surface area (Å²) in [5, 5.41) is 0. The third-order valence-corrected chi connectivity index (χ3v) is 5.83. The third kappa shape index (κ3) is 1.43. The Morgan fingerprint density at radius 1 is 0.350 bits per heavy atom. The maximum atomic E-state index is 2.42. The first-order valence-electron chi connectivity index (χ1n) is 8.15. The van der Waals surface area contributed by atoms with Crippen molar-refractivity contribution in [2.75, 3.05) is 0 Å². The van der Waals surface area contributed by atoms with E-state index in [2.05, 4.69) is 24.3 Å². The summed E-state index contributed by atoms with van der Waals surface area (Å²) < 4.78 is 0. The molecule has 2 aromatic carbocycles. The van der Waals surface area contributed by atoms with Crippen LogP contribution in [-0.2, 0) is 51.4 Å². The summed E-state index contributed by atoms with van der Waals surface area (Å²) in [6.07, 6.45) is 10.3. The van der Waals surface area contributed by atoms with Crippen molar-refractivity contribution in [3.05, 3.63) is 68.8 Å². The molecule has 2 aromatic rings. The second-order valence-electron chi connectivity index (χ2n) is 6.68. The van der Waals surface area contributed by atoms with Crippen LogP contribution in [0, 0.1) is 0 Å². The van der Waals surface area contributed by atoms with Gasteiger partial charge >= 0.3 is 0 Å². The normalized spacial score (nSPS) is 18.4. The number of aryl methyl sites for hydroxylation is 4. The van der Waals surface area contributed by atoms with Crippen LogP contribution < -0.4 is 0 Å². The van der Waals surface area contributed by atoms with Crippen LogP contribution in [0.25, 0.3) is 0 Å². The van der Waals surface area contributed by atoms with E-state index in [-0.39, 0.29) is 0 Å². The van der Waals surface area contributed by atoms with E-state index in [0.29, 0.717) is 0 Å². The molecular weight excluding hydrogens is 240 g/mol. The minimum atomic E-state index is 1.24. The van der Waals surface area contributed by atoms with Crippen LogP contribution in [0.1, 0.15) is 44.5 Å². The molecule has 0 fully saturated rings. The molecule has 0 aliphatic heterocycles. The van der Waals surface area contributed by atoms with Gasteiger partial charge in [-0.2, -0.15) is 0 Å². The van der Waals surface area contributed by atoms with E-state index in [4.69, 9.17) is 0 Å². The average molecular weight is 260 g/mol. The van der Waals surface area contributed by atoms with E-state index in [0.717, 1.165) is 0 Å². The minimum absolute atomic E-state index is 1.24. The zero-order valence-electron chi connectivity index (χ0n) is 12.0. The fraction of sp³-hybridized carbons (Fsp3) is 0.400. The van der Waals surface area contributed by atoms with Crippen LogP contribution in [0.5, 0.6) is 0 Å². The molecule has 0 aromatic heterocycles. The molecule has 0 heteroatoms. The van der Waals surface area contributed by atoms with E-state index >= 15 is 0 Å². The van der Waals surface area contributed by atoms with Gasteiger partial charge in [-0.3, -0.25) is 0 Å². The van der Waals surface area contributed by atoms with Gasteiger partial charge in [0.25, 0.3) is 0 Å². The fourth-order valence-electron chi connectivity index (χ4n) is 4.45. The molecule has 0 saturated carbocycles. The maximum absolute atomic E-state index is 2.42. The number of rotatable bonds is 0. The number of hydrogen-bond donors (Lipinski definition) is 0. The first kappa shape index (κ1) is 11.1. The van der Waals surface area contributed by atoms with Crippen molar-refractivity contribution in [2.45, 2.75) is 51.4 Å². The highest BCUT2D eigenvalue weighted by molar-refractivity contribution is 5.51. The fourth-order valence-corrected chi connectivity index (χ4v) is 4.45. The topological polar surface area (TPSA) is 0 Å². The standard InChI is InChI=1S/C20H20/c1-2-14-7-8-16-4-3-15(19-11-12-20(16)19)6-5-13(1)17-9-10-18(14)17/h1-4H,5-12H2. The Kier molecular flexibility index (Phi) is 2.21. The predicted molar refractivity (Wildman–Crippen MR) is 82.5 cm³/mol. The van der Waals surface area contributed by atoms with Crippen molar-refractivity contribution in [3.63, 3.8) is 0 Å². The molecule has 0 unspecified atom stereocenters. The summed E-state index contributed by atoms with van der Waals surface area (Å²) in [7, 11) is 0. The van der Waals surface area contributed by atoms with Gasteiger partial charge in [0.15, 0.2) is 0 Å². The zero-order valence-corrected chi connectivity index (χ0v) is 12.0. The Morgan fingerprint density at radius 3 is 0.800 bits per heavy atom. The third-order valence-electron chi connectivity index (χ3n) is 5.83. The van der Waals surface area contributed by atoms with Crippen molar-refractivity contribution in [1.29, 1.82) is 0 Å². The minimum Gasteiger partial charge on any atom is -0.0585 e. The Morgan fingerprint density at radius 2 is 0.600 bits per heavy atom. The van der Waals surface area contributed by atoms with Gasteiger partial charge < -0.3 is 0 Å². The molecule has 4 aliphatic rings. The van der Waals surface area contributed by atoms with Gasteiger partial charge in [0, 0.05) is 0 Å². The van der Waals surface area contributed by atoms with Crippen LogP contribution in [0.2, 0.25) is 0 Å². The van der Waals surface area contributed by atoms with Crippen LogP contribution in [-0.4, -0.2) is 0 Å². The smallest absolute Gasteiger partial charge is 0.0232 e. The van der Waals surface area contributed by atoms with E-state index in [1.165, 1.54) is 51.4 Å². The lowest BCUT2D eigenvalue weighted by Crippen LogP contribution is -2.20. The summed E-state index contributed by atoms with van der Waals surface area (Å²) in [4.78, 5) is 0. The van der Waals surface area contributed by atoms with E-state index in [9.17, 15) is 0 Å². The molecule has 0 nitrogen and oxygen atoms in total. The van der Waals surface area contributed by atoms with Gasteiger partial charge in [-0.15, -0.1) is 0 Å². The molecule has 0 spiro atoms. The molecule has 0 atom stereocenters. The maximum Gasteiger partial charge on any atom is -0.0232 e. The lowest BCUT2D eigenvalue weighted by molar-refractivity contribution is 0.738. The predicted octanol–water partition coefficient (Wildman–Crippen LogP) is 3.77. The monoisotopic (exact) mass is 260 g/mol. The highest BCUT2D eigenvalue weighted by Gasteiger charge is 2.24. The average Bonchev–Trinajstić information content (AvgIpc) is 2.36. The lowest BCUT2D eigenvalue weighted by atomic mass is 9.75. The second kappa shape index (κ2) is 3.97. The van der Waals surface area contributed by atoms with E-state index in [1.54, 1.807) is 44.5 Å². The van der Waals surface area contributed by atoms with E-state index in [1.807, 2.05) is 0 Å². The molecule has 0 amide bonds. The van der Waals surface area contributed by atoms with Crippen LogP contribution in [0.15, 0.2) is 24.3 Å². The Balaban J connectivity index is 1.65. The first-order valence-corrected chi connectivity index (χ1v) is 8.15. The summed E-state index contributed by atoms with van der Waals surface area (Å²) in [5.74, 6) is 0. The van der Waals surface area contributed by atoms with Crippen molar-refractivity contribution in [3.8, 4) is 0 Å². The summed E-state index contributed by atoms with van der Waals surface area (Å²) in [5.41, 5.74) is 13.3. The highest BCUT2D eigenvalue weighted by atomic mass is 14.3. The zero-order chi connectivity index (χ0) is 13.1. The molecule has 6 rings (SSSR count). The van der Waals surface area contributed by atoms with E-state index < -0.39 is 0 Å². The second-order valence-corrected chi connectivity index (χ2v) is 6.68. The van der Waals surface area contributed by atoms with Crippen molar-refractivity contribution >= 4 is 0 Å². The molecule has 0 N–H and O–H groups in total. The molecular formula is C20H20. The van der Waals surface area contributed by atoms with Crippen LogP contribution in [0.3, 0.4) is 0 Å². The molecule has 0 heterocycles. The van der Waals surface area contributed by atoms with Gasteiger partial charge in [0.05, 0.1) is 0 Å². The summed E-state index contributed by atoms with van der Waals surface area (Å²) in [6, 6.07) is 9.70. The van der Waals surface area contributed by atoms with Gasteiger partial charge in [-0.25, -0.2) is 0 Å². The largest absolute Gasteiger partial charge is 0.0585 e. The Labute approximate surface area is 120 Å². The summed E-state index contributed by atoms with van der Waals surface area (Å²) >= 11 is 0. The molecule has 4 aliphatic carbocycles. The van der Waals surface area contributed by atoms with Crippen LogP contribution >= 0.6 is 0 Å². The highest BCUT2D eigenvalue weighted by Crippen LogP contribution is 2.36. The van der Waals surface area contributed by atoms with Gasteiger partial charge in [-0.05, 0) is 95.9 Å². The number of benzene rings is 2. The Bertz CT molecular complexity index is 596. The number of hydrogen-bond acceptors (Lipinski definition) is 0. The molecule has 0 radical (unpaired) electrons. The molecule has 100 valence electrons. The SMILES string of the molecule is c1cc2c3c(c1CCc1ccc(c4c1CC4)CC2)CC3. The summed E-state index contributed by atoms with van der Waals surface area (Å²) in [6.45, 7) is 0. The Hall–Kier alpha value is -1.56.